The molecule has 2 N–H and O–H groups in total. The molecule has 2 aromatic heterocycles. The maximum Gasteiger partial charge on any atom is 0.338 e. The van der Waals surface area contributed by atoms with Crippen LogP contribution in [0.1, 0.15) is 10.4 Å². The van der Waals surface area contributed by atoms with Crippen molar-refractivity contribution in [2.75, 3.05) is 4.72 Å². The number of aromatic nitrogens is 1. The molecule has 0 amide bonds. The van der Waals surface area contributed by atoms with Gasteiger partial charge in [0.25, 0.3) is 10.0 Å². The first-order valence-corrected chi connectivity index (χ1v) is 10.0. The largest absolute Gasteiger partial charge is 0.478 e. The molecule has 0 saturated heterocycles. The van der Waals surface area contributed by atoms with Crippen LogP contribution in [-0.4, -0.2) is 24.7 Å². The molecule has 0 atom stereocenters. The minimum atomic E-state index is -3.96. The molecule has 4 rings (SSSR count). The number of nitrogens with zero attached hydrogens (tertiary/aromatic N) is 1. The third-order valence-corrected chi connectivity index (χ3v) is 6.89. The van der Waals surface area contributed by atoms with Gasteiger partial charge in [0.1, 0.15) is 16.2 Å². The molecule has 0 bridgehead atoms. The average molecular weight is 400 g/mol. The Morgan fingerprint density at radius 1 is 1.07 bits per heavy atom. The van der Waals surface area contributed by atoms with E-state index >= 15 is 0 Å². The number of carboxylic acids is 1. The van der Waals surface area contributed by atoms with Crippen LogP contribution >= 0.6 is 11.3 Å². The van der Waals surface area contributed by atoms with E-state index in [1.807, 2.05) is 0 Å². The van der Waals surface area contributed by atoms with E-state index in [-0.39, 0.29) is 15.5 Å². The molecule has 0 fully saturated rings. The summed E-state index contributed by atoms with van der Waals surface area (Å²) in [6, 6.07) is 14.7. The Bertz CT molecular complexity index is 1240. The number of fused-ring (bicyclic) bond motifs is 1. The van der Waals surface area contributed by atoms with Crippen molar-refractivity contribution in [1.29, 1.82) is 0 Å². The van der Waals surface area contributed by atoms with Gasteiger partial charge in [0, 0.05) is 6.07 Å². The lowest BCUT2D eigenvalue weighted by Crippen LogP contribution is -2.14. The summed E-state index contributed by atoms with van der Waals surface area (Å²) in [7, 11) is -3.96. The number of hydrogen-bond donors (Lipinski definition) is 2. The van der Waals surface area contributed by atoms with Crippen molar-refractivity contribution >= 4 is 43.8 Å². The van der Waals surface area contributed by atoms with Gasteiger partial charge in [-0.1, -0.05) is 35.5 Å². The summed E-state index contributed by atoms with van der Waals surface area (Å²) in [6.45, 7) is 0. The molecule has 0 spiro atoms. The zero-order valence-corrected chi connectivity index (χ0v) is 15.3. The van der Waals surface area contributed by atoms with Crippen LogP contribution in [0.15, 0.2) is 69.6 Å². The third kappa shape index (κ3) is 3.18. The van der Waals surface area contributed by atoms with E-state index < -0.39 is 16.0 Å². The van der Waals surface area contributed by atoms with Crippen molar-refractivity contribution in [2.24, 2.45) is 0 Å². The molecule has 0 saturated carbocycles. The monoisotopic (exact) mass is 400 g/mol. The first kappa shape index (κ1) is 17.3. The Morgan fingerprint density at radius 2 is 1.89 bits per heavy atom. The second-order valence-electron chi connectivity index (χ2n) is 5.62. The van der Waals surface area contributed by atoms with Gasteiger partial charge in [-0.15, -0.1) is 11.3 Å². The fraction of sp³-hybridized carbons (Fsp3) is 0. The van der Waals surface area contributed by atoms with Gasteiger partial charge in [-0.2, -0.15) is 0 Å². The second kappa shape index (κ2) is 6.53. The molecule has 0 radical (unpaired) electrons. The van der Waals surface area contributed by atoms with Crippen molar-refractivity contribution in [3.63, 3.8) is 0 Å². The molecular weight excluding hydrogens is 388 g/mol. The Labute approximate surface area is 157 Å². The highest BCUT2D eigenvalue weighted by Gasteiger charge is 2.22. The first-order valence-electron chi connectivity index (χ1n) is 7.74. The number of aromatic carboxylic acids is 1. The van der Waals surface area contributed by atoms with Gasteiger partial charge >= 0.3 is 5.97 Å². The molecule has 2 aromatic carbocycles. The van der Waals surface area contributed by atoms with E-state index in [0.29, 0.717) is 21.3 Å². The predicted octanol–water partition coefficient (Wildman–Crippen LogP) is 4.06. The Balaban J connectivity index is 1.75. The zero-order chi connectivity index (χ0) is 19.0. The lowest BCUT2D eigenvalue weighted by molar-refractivity contribution is 0.0700. The quantitative estimate of drug-likeness (QED) is 0.523. The van der Waals surface area contributed by atoms with E-state index in [1.165, 1.54) is 18.4 Å². The smallest absolute Gasteiger partial charge is 0.338 e. The second-order valence-corrected chi connectivity index (χ2v) is 8.62. The van der Waals surface area contributed by atoms with Gasteiger partial charge in [-0.25, -0.2) is 13.2 Å². The van der Waals surface area contributed by atoms with E-state index in [9.17, 15) is 18.3 Å². The molecule has 4 aromatic rings. The fourth-order valence-corrected chi connectivity index (χ4v) is 5.06. The minimum Gasteiger partial charge on any atom is -0.478 e. The molecule has 7 nitrogen and oxygen atoms in total. The number of sulfonamides is 1. The van der Waals surface area contributed by atoms with Crippen molar-refractivity contribution in [3.05, 3.63) is 66.4 Å². The van der Waals surface area contributed by atoms with Crippen LogP contribution in [0.4, 0.5) is 5.69 Å². The molecule has 0 unspecified atom stereocenters. The van der Waals surface area contributed by atoms with Gasteiger partial charge in [0.2, 0.25) is 0 Å². The minimum absolute atomic E-state index is 0.0117. The van der Waals surface area contributed by atoms with Crippen molar-refractivity contribution in [2.45, 2.75) is 4.21 Å². The normalized spacial score (nSPS) is 11.6. The van der Waals surface area contributed by atoms with Gasteiger partial charge in [-0.3, -0.25) is 4.72 Å². The summed E-state index contributed by atoms with van der Waals surface area (Å²) in [4.78, 5) is 12.4. The van der Waals surface area contributed by atoms with Crippen LogP contribution in [-0.2, 0) is 10.0 Å². The molecule has 0 aliphatic heterocycles. The molecule has 2 heterocycles. The van der Waals surface area contributed by atoms with Crippen molar-refractivity contribution in [3.8, 4) is 10.6 Å². The highest BCUT2D eigenvalue weighted by Crippen LogP contribution is 2.32. The number of anilines is 1. The number of hydrogen-bond acceptors (Lipinski definition) is 6. The highest BCUT2D eigenvalue weighted by atomic mass is 32.2. The SMILES string of the molecule is O=C(O)c1c(NS(=O)(=O)c2ccc(-c3ccon3)s2)ccc2ccccc12. The van der Waals surface area contributed by atoms with Gasteiger partial charge in [0.15, 0.2) is 0 Å². The van der Waals surface area contributed by atoms with E-state index in [2.05, 4.69) is 9.88 Å². The maximum atomic E-state index is 12.8. The van der Waals surface area contributed by atoms with Crippen molar-refractivity contribution in [1.82, 2.24) is 5.16 Å². The molecule has 9 heteroatoms. The average Bonchev–Trinajstić information content (AvgIpc) is 3.32. The first-order chi connectivity index (χ1) is 13.0. The summed E-state index contributed by atoms with van der Waals surface area (Å²) in [5.74, 6) is -1.21. The van der Waals surface area contributed by atoms with Crippen LogP contribution < -0.4 is 4.72 Å². The Kier molecular flexibility index (Phi) is 4.17. The van der Waals surface area contributed by atoms with Gasteiger partial charge in [-0.05, 0) is 29.0 Å². The number of nitrogens with one attached hydrogen (secondary N) is 1. The number of rotatable bonds is 5. The highest BCUT2D eigenvalue weighted by molar-refractivity contribution is 7.94. The summed E-state index contributed by atoms with van der Waals surface area (Å²) in [5, 5.41) is 14.6. The Hall–Kier alpha value is -3.17. The summed E-state index contributed by atoms with van der Waals surface area (Å²) in [6.07, 6.45) is 1.40. The summed E-state index contributed by atoms with van der Waals surface area (Å²) >= 11 is 1.01. The topological polar surface area (TPSA) is 110 Å². The van der Waals surface area contributed by atoms with Gasteiger partial charge < -0.3 is 9.63 Å². The molecular formula is C18H12N2O5S2. The zero-order valence-electron chi connectivity index (χ0n) is 13.6. The lowest BCUT2D eigenvalue weighted by Gasteiger charge is -2.12. The summed E-state index contributed by atoms with van der Waals surface area (Å²) in [5.41, 5.74) is 0.445. The number of thiophene rings is 1. The standard InChI is InChI=1S/C18H12N2O5S2/c21-18(22)17-12-4-2-1-3-11(12)5-6-14(17)20-27(23,24)16-8-7-15(26-16)13-9-10-25-19-13/h1-10,20H,(H,21,22). The molecule has 0 aliphatic carbocycles. The van der Waals surface area contributed by atoms with Crippen LogP contribution in [0.3, 0.4) is 0 Å². The van der Waals surface area contributed by atoms with Crippen LogP contribution in [0.5, 0.6) is 0 Å². The molecule has 27 heavy (non-hydrogen) atoms. The lowest BCUT2D eigenvalue weighted by atomic mass is 10.0. The van der Waals surface area contributed by atoms with Crippen LogP contribution in [0.2, 0.25) is 0 Å². The van der Waals surface area contributed by atoms with E-state index in [4.69, 9.17) is 4.52 Å². The summed E-state index contributed by atoms with van der Waals surface area (Å²) < 4.78 is 32.7. The molecule has 136 valence electrons. The number of carbonyl (C=O) groups is 1. The number of carboxylic acid groups (broad SMARTS) is 1. The van der Waals surface area contributed by atoms with Crippen molar-refractivity contribution < 1.29 is 22.8 Å². The third-order valence-electron chi connectivity index (χ3n) is 3.92. The van der Waals surface area contributed by atoms with Crippen LogP contribution in [0.25, 0.3) is 21.3 Å². The molecule has 0 aliphatic rings. The van der Waals surface area contributed by atoms with Gasteiger partial charge in [0.05, 0.1) is 16.1 Å². The maximum absolute atomic E-state index is 12.8. The number of benzene rings is 2. The van der Waals surface area contributed by atoms with E-state index in [1.54, 1.807) is 42.5 Å². The van der Waals surface area contributed by atoms with Crippen LogP contribution in [0, 0.1) is 0 Å². The Morgan fingerprint density at radius 3 is 2.63 bits per heavy atom. The van der Waals surface area contributed by atoms with E-state index in [0.717, 1.165) is 11.3 Å². The predicted molar refractivity (Wildman–Crippen MR) is 102 cm³/mol. The fourth-order valence-electron chi connectivity index (χ4n) is 2.72.